The van der Waals surface area contributed by atoms with E-state index in [0.717, 1.165) is 10.5 Å². The number of hydrogen-bond donors (Lipinski definition) is 2. The standard InChI is InChI=1S/C16H15N3O2S/c1-9-4-3-7-17-14(9)19-16(21)11-5-6-13-12(8-11)18-15(20)10(2)22-13/h3-8,10H,1-2H3,(H,18,20)(H,17,19,21)/t10-/m1/s1. The van der Waals surface area contributed by atoms with Crippen molar-refractivity contribution in [3.8, 4) is 0 Å². The Morgan fingerprint density at radius 2 is 2.18 bits per heavy atom. The zero-order valence-corrected chi connectivity index (χ0v) is 13.0. The molecule has 0 saturated carbocycles. The number of carbonyl (C=O) groups excluding carboxylic acids is 2. The molecule has 0 unspecified atom stereocenters. The van der Waals surface area contributed by atoms with E-state index in [2.05, 4.69) is 15.6 Å². The molecule has 5 nitrogen and oxygen atoms in total. The number of rotatable bonds is 2. The van der Waals surface area contributed by atoms with Crippen LogP contribution >= 0.6 is 11.8 Å². The molecule has 0 fully saturated rings. The lowest BCUT2D eigenvalue weighted by Crippen LogP contribution is -2.26. The Hall–Kier alpha value is -2.34. The third-order valence-electron chi connectivity index (χ3n) is 3.41. The summed E-state index contributed by atoms with van der Waals surface area (Å²) in [7, 11) is 0. The first-order chi connectivity index (χ1) is 10.5. The summed E-state index contributed by atoms with van der Waals surface area (Å²) in [5.74, 6) is 0.246. The van der Waals surface area contributed by atoms with Gasteiger partial charge in [-0.15, -0.1) is 11.8 Å². The molecule has 2 amide bonds. The third kappa shape index (κ3) is 2.82. The van der Waals surface area contributed by atoms with Crippen molar-refractivity contribution in [2.75, 3.05) is 10.6 Å². The molecule has 0 spiro atoms. The average Bonchev–Trinajstić information content (AvgIpc) is 2.50. The van der Waals surface area contributed by atoms with Crippen LogP contribution < -0.4 is 10.6 Å². The van der Waals surface area contributed by atoms with E-state index in [1.807, 2.05) is 32.0 Å². The monoisotopic (exact) mass is 313 g/mol. The summed E-state index contributed by atoms with van der Waals surface area (Å²) in [5, 5.41) is 5.49. The number of nitrogens with zero attached hydrogens (tertiary/aromatic N) is 1. The second kappa shape index (κ2) is 5.81. The quantitative estimate of drug-likeness (QED) is 0.894. The second-order valence-electron chi connectivity index (χ2n) is 5.08. The fraction of sp³-hybridized carbons (Fsp3) is 0.188. The Labute approximate surface area is 132 Å². The van der Waals surface area contributed by atoms with Crippen molar-refractivity contribution in [2.45, 2.75) is 24.0 Å². The van der Waals surface area contributed by atoms with Gasteiger partial charge in [0.1, 0.15) is 5.82 Å². The minimum atomic E-state index is -0.248. The molecule has 6 heteroatoms. The fourth-order valence-electron chi connectivity index (χ4n) is 2.15. The van der Waals surface area contributed by atoms with Gasteiger partial charge < -0.3 is 10.6 Å². The van der Waals surface area contributed by atoms with Crippen molar-refractivity contribution in [1.82, 2.24) is 4.98 Å². The number of hydrogen-bond acceptors (Lipinski definition) is 4. The zero-order valence-electron chi connectivity index (χ0n) is 12.2. The number of thioether (sulfide) groups is 1. The largest absolute Gasteiger partial charge is 0.324 e. The molecule has 0 aliphatic carbocycles. The topological polar surface area (TPSA) is 71.1 Å². The first-order valence-corrected chi connectivity index (χ1v) is 7.77. The summed E-state index contributed by atoms with van der Waals surface area (Å²) in [6.45, 7) is 3.74. The molecule has 1 atom stereocenters. The summed E-state index contributed by atoms with van der Waals surface area (Å²) < 4.78 is 0. The lowest BCUT2D eigenvalue weighted by atomic mass is 10.1. The predicted molar refractivity (Wildman–Crippen MR) is 87.3 cm³/mol. The van der Waals surface area contributed by atoms with Gasteiger partial charge in [-0.05, 0) is 43.7 Å². The van der Waals surface area contributed by atoms with Gasteiger partial charge in [0.25, 0.3) is 5.91 Å². The maximum Gasteiger partial charge on any atom is 0.256 e. The Kier molecular flexibility index (Phi) is 3.85. The maximum absolute atomic E-state index is 12.3. The molecule has 0 bridgehead atoms. The van der Waals surface area contributed by atoms with E-state index < -0.39 is 0 Å². The number of nitrogens with one attached hydrogen (secondary N) is 2. The second-order valence-corrected chi connectivity index (χ2v) is 6.47. The number of pyridine rings is 1. The van der Waals surface area contributed by atoms with Crippen LogP contribution in [0.2, 0.25) is 0 Å². The predicted octanol–water partition coefficient (Wildman–Crippen LogP) is 3.08. The highest BCUT2D eigenvalue weighted by molar-refractivity contribution is 8.00. The molecule has 1 aromatic heterocycles. The summed E-state index contributed by atoms with van der Waals surface area (Å²) >= 11 is 1.49. The average molecular weight is 313 g/mol. The van der Waals surface area contributed by atoms with Crippen LogP contribution in [0.3, 0.4) is 0 Å². The molecule has 1 aromatic carbocycles. The number of anilines is 2. The van der Waals surface area contributed by atoms with E-state index in [4.69, 9.17) is 0 Å². The van der Waals surface area contributed by atoms with Gasteiger partial charge >= 0.3 is 0 Å². The number of aryl methyl sites for hydroxylation is 1. The van der Waals surface area contributed by atoms with Gasteiger partial charge in [-0.2, -0.15) is 0 Å². The van der Waals surface area contributed by atoms with E-state index in [-0.39, 0.29) is 17.1 Å². The van der Waals surface area contributed by atoms with Crippen LogP contribution in [0, 0.1) is 6.92 Å². The molecule has 1 aliphatic rings. The lowest BCUT2D eigenvalue weighted by molar-refractivity contribution is -0.115. The first kappa shape index (κ1) is 14.6. The Balaban J connectivity index is 1.84. The molecule has 2 N–H and O–H groups in total. The van der Waals surface area contributed by atoms with Crippen molar-refractivity contribution >= 4 is 35.1 Å². The number of aromatic nitrogens is 1. The van der Waals surface area contributed by atoms with Crippen LogP contribution in [-0.2, 0) is 4.79 Å². The van der Waals surface area contributed by atoms with Crippen molar-refractivity contribution < 1.29 is 9.59 Å². The van der Waals surface area contributed by atoms with E-state index in [1.54, 1.807) is 18.3 Å². The number of carbonyl (C=O) groups is 2. The Morgan fingerprint density at radius 3 is 2.95 bits per heavy atom. The minimum absolute atomic E-state index is 0.0457. The first-order valence-electron chi connectivity index (χ1n) is 6.89. The molecule has 112 valence electrons. The highest BCUT2D eigenvalue weighted by Crippen LogP contribution is 2.36. The zero-order chi connectivity index (χ0) is 15.7. The summed E-state index contributed by atoms with van der Waals surface area (Å²) in [5.41, 5.74) is 2.06. The van der Waals surface area contributed by atoms with Crippen molar-refractivity contribution in [1.29, 1.82) is 0 Å². The number of amides is 2. The van der Waals surface area contributed by atoms with Crippen LogP contribution in [-0.4, -0.2) is 22.0 Å². The van der Waals surface area contributed by atoms with Gasteiger partial charge in [-0.25, -0.2) is 4.98 Å². The van der Waals surface area contributed by atoms with Crippen LogP contribution in [0.1, 0.15) is 22.8 Å². The van der Waals surface area contributed by atoms with Crippen molar-refractivity contribution in [3.63, 3.8) is 0 Å². The molecule has 2 heterocycles. The molecule has 1 aliphatic heterocycles. The van der Waals surface area contributed by atoms with Crippen molar-refractivity contribution in [2.24, 2.45) is 0 Å². The molecule has 2 aromatic rings. The normalized spacial score (nSPS) is 16.6. The van der Waals surface area contributed by atoms with Crippen LogP contribution in [0.25, 0.3) is 0 Å². The summed E-state index contributed by atoms with van der Waals surface area (Å²) in [4.78, 5) is 29.2. The van der Waals surface area contributed by atoms with E-state index in [1.165, 1.54) is 11.8 Å². The van der Waals surface area contributed by atoms with Gasteiger partial charge in [0.2, 0.25) is 5.91 Å². The Morgan fingerprint density at radius 1 is 1.36 bits per heavy atom. The Bertz CT molecular complexity index is 761. The van der Waals surface area contributed by atoms with Gasteiger partial charge in [0.15, 0.2) is 0 Å². The molecular formula is C16H15N3O2S. The van der Waals surface area contributed by atoms with Gasteiger partial charge in [0.05, 0.1) is 10.9 Å². The number of benzene rings is 1. The molecule has 3 rings (SSSR count). The van der Waals surface area contributed by atoms with Crippen LogP contribution in [0.4, 0.5) is 11.5 Å². The lowest BCUT2D eigenvalue weighted by Gasteiger charge is -2.21. The molecule has 0 saturated heterocycles. The SMILES string of the molecule is Cc1cccnc1NC(=O)c1ccc2c(c1)NC(=O)[C@@H](C)S2. The van der Waals surface area contributed by atoms with E-state index in [0.29, 0.717) is 17.1 Å². The number of fused-ring (bicyclic) bond motifs is 1. The highest BCUT2D eigenvalue weighted by atomic mass is 32.2. The smallest absolute Gasteiger partial charge is 0.256 e. The maximum atomic E-state index is 12.3. The summed E-state index contributed by atoms with van der Waals surface area (Å²) in [6, 6.07) is 9.00. The van der Waals surface area contributed by atoms with Crippen LogP contribution in [0.15, 0.2) is 41.4 Å². The van der Waals surface area contributed by atoms with Crippen molar-refractivity contribution in [3.05, 3.63) is 47.7 Å². The minimum Gasteiger partial charge on any atom is -0.324 e. The fourth-order valence-corrected chi connectivity index (χ4v) is 3.08. The molecule has 0 radical (unpaired) electrons. The molecular weight excluding hydrogens is 298 g/mol. The van der Waals surface area contributed by atoms with Crippen LogP contribution in [0.5, 0.6) is 0 Å². The highest BCUT2D eigenvalue weighted by Gasteiger charge is 2.23. The van der Waals surface area contributed by atoms with E-state index in [9.17, 15) is 9.59 Å². The van der Waals surface area contributed by atoms with Gasteiger partial charge in [0, 0.05) is 16.7 Å². The molecule has 22 heavy (non-hydrogen) atoms. The third-order valence-corrected chi connectivity index (χ3v) is 4.59. The van der Waals surface area contributed by atoms with Gasteiger partial charge in [-0.1, -0.05) is 6.07 Å². The summed E-state index contributed by atoms with van der Waals surface area (Å²) in [6.07, 6.45) is 1.63. The van der Waals surface area contributed by atoms with Gasteiger partial charge in [-0.3, -0.25) is 9.59 Å². The van der Waals surface area contributed by atoms with E-state index >= 15 is 0 Å².